The van der Waals surface area contributed by atoms with Crippen LogP contribution in [-0.4, -0.2) is 25.2 Å². The lowest BCUT2D eigenvalue weighted by molar-refractivity contribution is 0.0948. The highest BCUT2D eigenvalue weighted by molar-refractivity contribution is 5.93. The van der Waals surface area contributed by atoms with Crippen LogP contribution in [0.15, 0.2) is 53.6 Å². The van der Waals surface area contributed by atoms with Crippen LogP contribution < -0.4 is 10.9 Å². The van der Waals surface area contributed by atoms with Crippen LogP contribution >= 0.6 is 0 Å². The number of hydrogen-bond acceptors (Lipinski definition) is 4. The summed E-state index contributed by atoms with van der Waals surface area (Å²) in [6.07, 6.45) is 8.02. The molecule has 4 rings (SSSR count). The highest BCUT2D eigenvalue weighted by atomic mass is 16.2. The van der Waals surface area contributed by atoms with Gasteiger partial charge in [-0.05, 0) is 43.2 Å². The first-order chi connectivity index (χ1) is 13.6. The summed E-state index contributed by atoms with van der Waals surface area (Å²) in [6, 6.07) is 11.4. The third-order valence-corrected chi connectivity index (χ3v) is 5.18. The Morgan fingerprint density at radius 1 is 1.21 bits per heavy atom. The van der Waals surface area contributed by atoms with Crippen molar-refractivity contribution in [1.29, 1.82) is 0 Å². The van der Waals surface area contributed by atoms with Crippen molar-refractivity contribution in [1.82, 2.24) is 24.6 Å². The summed E-state index contributed by atoms with van der Waals surface area (Å²) < 4.78 is 3.45. The summed E-state index contributed by atoms with van der Waals surface area (Å²) in [5.41, 5.74) is 2.41. The van der Waals surface area contributed by atoms with Crippen molar-refractivity contribution in [3.63, 3.8) is 0 Å². The Balaban J connectivity index is 1.57. The minimum absolute atomic E-state index is 0.130. The molecule has 1 N–H and O–H groups in total. The maximum Gasteiger partial charge on any atom is 0.263 e. The second-order valence-electron chi connectivity index (χ2n) is 7.14. The van der Waals surface area contributed by atoms with E-state index < -0.39 is 5.91 Å². The molecule has 0 aliphatic heterocycles. The van der Waals surface area contributed by atoms with Crippen LogP contribution in [0.3, 0.4) is 0 Å². The molecular weight excluding hydrogens is 354 g/mol. The summed E-state index contributed by atoms with van der Waals surface area (Å²) in [6.45, 7) is 0.260. The van der Waals surface area contributed by atoms with Gasteiger partial charge in [-0.25, -0.2) is 0 Å². The number of nitrogens with zero attached hydrogens (tertiary/aromatic N) is 4. The van der Waals surface area contributed by atoms with E-state index in [2.05, 4.69) is 15.0 Å². The molecule has 3 heterocycles. The Labute approximate surface area is 163 Å². The van der Waals surface area contributed by atoms with Crippen LogP contribution in [0.4, 0.5) is 0 Å². The van der Waals surface area contributed by atoms with Crippen LogP contribution in [0.25, 0.3) is 11.4 Å². The van der Waals surface area contributed by atoms with Crippen LogP contribution in [-0.2, 0) is 13.6 Å². The standard InChI is InChI=1S/C21H23N5O2/c1-25-12-6-9-17(21(25)28)20(27)23-14-15-13-19(18-10-4-5-11-22-18)26(24-15)16-7-2-3-8-16/h4-6,9-13,16H,2-3,7-8,14H2,1H3,(H,23,27). The largest absolute Gasteiger partial charge is 0.346 e. The number of amides is 1. The van der Waals surface area contributed by atoms with E-state index in [1.807, 2.05) is 24.3 Å². The molecule has 1 saturated carbocycles. The van der Waals surface area contributed by atoms with Crippen LogP contribution in [0.5, 0.6) is 0 Å². The summed E-state index contributed by atoms with van der Waals surface area (Å²) in [7, 11) is 1.63. The second-order valence-corrected chi connectivity index (χ2v) is 7.14. The smallest absolute Gasteiger partial charge is 0.263 e. The molecule has 0 atom stereocenters. The number of aryl methyl sites for hydroxylation is 1. The average Bonchev–Trinajstić information content (AvgIpc) is 3.38. The van der Waals surface area contributed by atoms with E-state index in [9.17, 15) is 9.59 Å². The lowest BCUT2D eigenvalue weighted by Crippen LogP contribution is -2.31. The zero-order valence-corrected chi connectivity index (χ0v) is 15.8. The third-order valence-electron chi connectivity index (χ3n) is 5.18. The van der Waals surface area contributed by atoms with Crippen molar-refractivity contribution >= 4 is 5.91 Å². The van der Waals surface area contributed by atoms with Crippen LogP contribution in [0.1, 0.15) is 47.8 Å². The Morgan fingerprint density at radius 3 is 2.79 bits per heavy atom. The van der Waals surface area contributed by atoms with Crippen molar-refractivity contribution < 1.29 is 4.79 Å². The van der Waals surface area contributed by atoms with Gasteiger partial charge in [0.25, 0.3) is 11.5 Å². The number of hydrogen-bond donors (Lipinski definition) is 1. The van der Waals surface area contributed by atoms with E-state index >= 15 is 0 Å². The monoisotopic (exact) mass is 377 g/mol. The number of pyridine rings is 2. The van der Waals surface area contributed by atoms with Crippen LogP contribution in [0, 0.1) is 0 Å². The lowest BCUT2D eigenvalue weighted by Gasteiger charge is -2.13. The molecule has 0 spiro atoms. The fraction of sp³-hybridized carbons (Fsp3) is 0.333. The fourth-order valence-electron chi connectivity index (χ4n) is 3.70. The van der Waals surface area contributed by atoms with Crippen molar-refractivity contribution in [2.75, 3.05) is 0 Å². The molecular formula is C21H23N5O2. The number of carbonyl (C=O) groups is 1. The van der Waals surface area contributed by atoms with Gasteiger partial charge >= 0.3 is 0 Å². The second kappa shape index (κ2) is 7.80. The van der Waals surface area contributed by atoms with E-state index in [1.54, 1.807) is 25.5 Å². The topological polar surface area (TPSA) is 81.8 Å². The fourth-order valence-corrected chi connectivity index (χ4v) is 3.70. The summed E-state index contributed by atoms with van der Waals surface area (Å²) in [5, 5.41) is 7.57. The van der Waals surface area contributed by atoms with Gasteiger partial charge in [0.2, 0.25) is 0 Å². The quantitative estimate of drug-likeness (QED) is 0.741. The number of aromatic nitrogens is 4. The van der Waals surface area contributed by atoms with Crippen molar-refractivity contribution in [2.45, 2.75) is 38.3 Å². The molecule has 7 heteroatoms. The molecule has 0 aromatic carbocycles. The van der Waals surface area contributed by atoms with E-state index in [0.29, 0.717) is 6.04 Å². The zero-order valence-electron chi connectivity index (χ0n) is 15.8. The summed E-state index contributed by atoms with van der Waals surface area (Å²) >= 11 is 0. The molecule has 144 valence electrons. The van der Waals surface area contributed by atoms with Gasteiger partial charge in [-0.1, -0.05) is 18.9 Å². The van der Waals surface area contributed by atoms with Crippen LogP contribution in [0.2, 0.25) is 0 Å². The van der Waals surface area contributed by atoms with Gasteiger partial charge in [0.05, 0.1) is 29.7 Å². The number of rotatable bonds is 5. The van der Waals surface area contributed by atoms with Gasteiger partial charge in [0.1, 0.15) is 5.56 Å². The predicted molar refractivity (Wildman–Crippen MR) is 106 cm³/mol. The Hall–Kier alpha value is -3.22. The third kappa shape index (κ3) is 3.60. The first kappa shape index (κ1) is 18.2. The van der Waals surface area contributed by atoms with Gasteiger partial charge in [-0.15, -0.1) is 0 Å². The number of nitrogens with one attached hydrogen (secondary N) is 1. The van der Waals surface area contributed by atoms with Crippen molar-refractivity contribution in [3.05, 3.63) is 70.4 Å². The van der Waals surface area contributed by atoms with Crippen molar-refractivity contribution in [2.24, 2.45) is 7.05 Å². The first-order valence-electron chi connectivity index (χ1n) is 9.57. The molecule has 0 saturated heterocycles. The minimum atomic E-state index is -0.393. The van der Waals surface area contributed by atoms with E-state index in [-0.39, 0.29) is 17.7 Å². The molecule has 7 nitrogen and oxygen atoms in total. The van der Waals surface area contributed by atoms with E-state index in [1.165, 1.54) is 23.5 Å². The van der Waals surface area contributed by atoms with Gasteiger partial charge in [0, 0.05) is 19.4 Å². The van der Waals surface area contributed by atoms with E-state index in [0.717, 1.165) is 29.9 Å². The molecule has 28 heavy (non-hydrogen) atoms. The molecule has 3 aromatic heterocycles. The maximum absolute atomic E-state index is 12.4. The first-order valence-corrected chi connectivity index (χ1v) is 9.57. The minimum Gasteiger partial charge on any atom is -0.346 e. The van der Waals surface area contributed by atoms with Gasteiger partial charge in [0.15, 0.2) is 0 Å². The molecule has 1 aliphatic rings. The van der Waals surface area contributed by atoms with Crippen molar-refractivity contribution in [3.8, 4) is 11.4 Å². The molecule has 1 amide bonds. The number of carbonyl (C=O) groups excluding carboxylic acids is 1. The van der Waals surface area contributed by atoms with Gasteiger partial charge in [-0.3, -0.25) is 19.3 Å². The highest BCUT2D eigenvalue weighted by Crippen LogP contribution is 2.33. The molecule has 1 fully saturated rings. The maximum atomic E-state index is 12.4. The van der Waals surface area contributed by atoms with Gasteiger partial charge in [-0.2, -0.15) is 5.10 Å². The summed E-state index contributed by atoms with van der Waals surface area (Å²) in [4.78, 5) is 29.0. The molecule has 0 bridgehead atoms. The Morgan fingerprint density at radius 2 is 2.04 bits per heavy atom. The Kier molecular flexibility index (Phi) is 5.06. The zero-order chi connectivity index (χ0) is 19.5. The summed E-state index contributed by atoms with van der Waals surface area (Å²) in [5.74, 6) is -0.393. The van der Waals surface area contributed by atoms with Gasteiger partial charge < -0.3 is 9.88 Å². The molecule has 3 aromatic rings. The Bertz CT molecular complexity index is 1030. The molecule has 1 aliphatic carbocycles. The lowest BCUT2D eigenvalue weighted by atomic mass is 10.2. The van der Waals surface area contributed by atoms with E-state index in [4.69, 9.17) is 5.10 Å². The highest BCUT2D eigenvalue weighted by Gasteiger charge is 2.22. The SMILES string of the molecule is Cn1cccc(C(=O)NCc2cc(-c3ccccn3)n(C3CCCC3)n2)c1=O. The normalized spacial score (nSPS) is 14.3. The average molecular weight is 377 g/mol. The molecule has 0 radical (unpaired) electrons. The molecule has 0 unspecified atom stereocenters. The predicted octanol–water partition coefficient (Wildman–Crippen LogP) is 2.69.